The lowest BCUT2D eigenvalue weighted by atomic mass is 10.1. The predicted octanol–water partition coefficient (Wildman–Crippen LogP) is 0.498. The lowest BCUT2D eigenvalue weighted by molar-refractivity contribution is 0.365. The molecule has 1 atom stereocenters. The van der Waals surface area contributed by atoms with Crippen LogP contribution in [0.2, 0.25) is 0 Å². The molecule has 0 aromatic heterocycles. The molecule has 0 aliphatic heterocycles. The minimum Gasteiger partial charge on any atom is -0.504 e. The van der Waals surface area contributed by atoms with Crippen LogP contribution >= 0.6 is 0 Å². The van der Waals surface area contributed by atoms with E-state index in [4.69, 9.17) is 16.2 Å². The van der Waals surface area contributed by atoms with Crippen molar-refractivity contribution in [1.29, 1.82) is 0 Å². The van der Waals surface area contributed by atoms with E-state index in [0.29, 0.717) is 0 Å². The highest BCUT2D eigenvalue weighted by atomic mass is 19.1. The molecule has 1 aromatic rings. The van der Waals surface area contributed by atoms with Gasteiger partial charge >= 0.3 is 0 Å². The second-order valence-corrected chi connectivity index (χ2v) is 2.89. The number of methoxy groups -OCH3 is 1. The van der Waals surface area contributed by atoms with E-state index in [1.165, 1.54) is 7.11 Å². The maximum atomic E-state index is 13.0. The maximum absolute atomic E-state index is 13.0. The quantitative estimate of drug-likeness (QED) is 0.663. The Morgan fingerprint density at radius 1 is 1.57 bits per heavy atom. The molecule has 0 heterocycles. The van der Waals surface area contributed by atoms with E-state index in [1.807, 2.05) is 0 Å². The monoisotopic (exact) mass is 200 g/mol. The zero-order valence-corrected chi connectivity index (χ0v) is 7.83. The third kappa shape index (κ3) is 1.94. The highest BCUT2D eigenvalue weighted by Crippen LogP contribution is 2.33. The Hall–Kier alpha value is -1.33. The van der Waals surface area contributed by atoms with Gasteiger partial charge in [0.1, 0.15) is 5.82 Å². The Morgan fingerprint density at radius 3 is 2.71 bits per heavy atom. The van der Waals surface area contributed by atoms with E-state index in [0.717, 1.165) is 12.1 Å². The second kappa shape index (κ2) is 4.26. The van der Waals surface area contributed by atoms with Crippen molar-refractivity contribution in [3.63, 3.8) is 0 Å². The third-order valence-corrected chi connectivity index (χ3v) is 1.94. The molecule has 0 bridgehead atoms. The van der Waals surface area contributed by atoms with Crippen LogP contribution in [0.5, 0.6) is 11.5 Å². The van der Waals surface area contributed by atoms with Crippen molar-refractivity contribution in [3.05, 3.63) is 23.5 Å². The topological polar surface area (TPSA) is 81.5 Å². The van der Waals surface area contributed by atoms with Crippen LogP contribution in [-0.2, 0) is 0 Å². The van der Waals surface area contributed by atoms with Gasteiger partial charge in [0.15, 0.2) is 11.5 Å². The first-order chi connectivity index (χ1) is 6.60. The lowest BCUT2D eigenvalue weighted by Crippen LogP contribution is -2.21. The molecule has 0 saturated heterocycles. The van der Waals surface area contributed by atoms with E-state index in [2.05, 4.69) is 0 Å². The molecule has 0 spiro atoms. The summed E-state index contributed by atoms with van der Waals surface area (Å²) >= 11 is 0. The summed E-state index contributed by atoms with van der Waals surface area (Å²) in [6, 6.07) is 1.64. The molecule has 1 aromatic carbocycles. The van der Waals surface area contributed by atoms with Gasteiger partial charge < -0.3 is 21.3 Å². The number of nitrogens with two attached hydrogens (primary N) is 2. The molecule has 14 heavy (non-hydrogen) atoms. The molecule has 0 amide bonds. The van der Waals surface area contributed by atoms with Gasteiger partial charge in [-0.05, 0) is 6.07 Å². The molecule has 5 heteroatoms. The first kappa shape index (κ1) is 10.7. The minimum absolute atomic E-state index is 0.0592. The molecule has 4 nitrogen and oxygen atoms in total. The Bertz CT molecular complexity index is 331. The van der Waals surface area contributed by atoms with Crippen LogP contribution < -0.4 is 16.2 Å². The summed E-state index contributed by atoms with van der Waals surface area (Å²) in [6.07, 6.45) is 0. The van der Waals surface area contributed by atoms with Gasteiger partial charge in [0.2, 0.25) is 0 Å². The molecular formula is C9H13FN2O2. The molecule has 0 saturated carbocycles. The number of benzene rings is 1. The molecular weight excluding hydrogens is 187 g/mol. The predicted molar refractivity (Wildman–Crippen MR) is 50.6 cm³/mol. The van der Waals surface area contributed by atoms with Crippen LogP contribution in [0.25, 0.3) is 0 Å². The Labute approximate surface area is 81.3 Å². The van der Waals surface area contributed by atoms with Crippen LogP contribution in [0.1, 0.15) is 11.6 Å². The number of phenolic OH excluding ortho intramolecular Hbond substituents is 1. The number of hydrogen-bond donors (Lipinski definition) is 3. The fourth-order valence-corrected chi connectivity index (χ4v) is 1.16. The van der Waals surface area contributed by atoms with Crippen molar-refractivity contribution in [2.75, 3.05) is 13.7 Å². The summed E-state index contributed by atoms with van der Waals surface area (Å²) in [5, 5.41) is 9.59. The van der Waals surface area contributed by atoms with Crippen LogP contribution in [-0.4, -0.2) is 18.8 Å². The summed E-state index contributed by atoms with van der Waals surface area (Å²) in [5.41, 5.74) is 11.1. The first-order valence-corrected chi connectivity index (χ1v) is 4.12. The van der Waals surface area contributed by atoms with Gasteiger partial charge in [-0.1, -0.05) is 0 Å². The zero-order valence-electron chi connectivity index (χ0n) is 7.83. The van der Waals surface area contributed by atoms with Crippen molar-refractivity contribution >= 4 is 0 Å². The van der Waals surface area contributed by atoms with Gasteiger partial charge in [0, 0.05) is 24.2 Å². The molecule has 0 radical (unpaired) electrons. The van der Waals surface area contributed by atoms with E-state index in [-0.39, 0.29) is 23.6 Å². The zero-order chi connectivity index (χ0) is 10.7. The van der Waals surface area contributed by atoms with Crippen LogP contribution in [0.4, 0.5) is 4.39 Å². The average Bonchev–Trinajstić information content (AvgIpc) is 2.19. The molecule has 0 fully saturated rings. The summed E-state index contributed by atoms with van der Waals surface area (Å²) in [7, 11) is 1.34. The standard InChI is InChI=1S/C9H13FN2O2/c1-14-8-3-5(10)2-6(9(8)13)7(12)4-11/h2-3,7,13H,4,11-12H2,1H3/t7-/m0/s1. The number of phenols is 1. The van der Waals surface area contributed by atoms with E-state index in [9.17, 15) is 9.50 Å². The molecule has 78 valence electrons. The van der Waals surface area contributed by atoms with Crippen molar-refractivity contribution in [3.8, 4) is 11.5 Å². The largest absolute Gasteiger partial charge is 0.504 e. The Morgan fingerprint density at radius 2 is 2.21 bits per heavy atom. The normalized spacial score (nSPS) is 12.6. The van der Waals surface area contributed by atoms with Gasteiger partial charge in [0.05, 0.1) is 7.11 Å². The van der Waals surface area contributed by atoms with Crippen LogP contribution in [0.15, 0.2) is 12.1 Å². The molecule has 0 unspecified atom stereocenters. The fourth-order valence-electron chi connectivity index (χ4n) is 1.16. The van der Waals surface area contributed by atoms with Gasteiger partial charge in [-0.25, -0.2) is 4.39 Å². The van der Waals surface area contributed by atoms with Crippen LogP contribution in [0.3, 0.4) is 0 Å². The highest BCUT2D eigenvalue weighted by molar-refractivity contribution is 5.47. The molecule has 0 aliphatic carbocycles. The second-order valence-electron chi connectivity index (χ2n) is 2.89. The van der Waals surface area contributed by atoms with E-state index in [1.54, 1.807) is 0 Å². The Balaban J connectivity index is 3.21. The maximum Gasteiger partial charge on any atom is 0.163 e. The number of hydrogen-bond acceptors (Lipinski definition) is 4. The number of rotatable bonds is 3. The Kier molecular flexibility index (Phi) is 3.27. The molecule has 0 aliphatic rings. The van der Waals surface area contributed by atoms with E-state index >= 15 is 0 Å². The summed E-state index contributed by atoms with van der Waals surface area (Å²) in [4.78, 5) is 0. The van der Waals surface area contributed by atoms with Gasteiger partial charge in [-0.15, -0.1) is 0 Å². The number of aromatic hydroxyl groups is 1. The fraction of sp³-hybridized carbons (Fsp3) is 0.333. The number of halogens is 1. The van der Waals surface area contributed by atoms with Crippen molar-refractivity contribution in [1.82, 2.24) is 0 Å². The molecule has 5 N–H and O–H groups in total. The SMILES string of the molecule is COc1cc(F)cc([C@@H](N)CN)c1O. The van der Waals surface area contributed by atoms with Gasteiger partial charge in [-0.2, -0.15) is 0 Å². The average molecular weight is 200 g/mol. The van der Waals surface area contributed by atoms with Gasteiger partial charge in [-0.3, -0.25) is 0 Å². The third-order valence-electron chi connectivity index (χ3n) is 1.94. The highest BCUT2D eigenvalue weighted by Gasteiger charge is 2.15. The van der Waals surface area contributed by atoms with Crippen LogP contribution in [0, 0.1) is 5.82 Å². The lowest BCUT2D eigenvalue weighted by Gasteiger charge is -2.13. The van der Waals surface area contributed by atoms with Crippen molar-refractivity contribution in [2.24, 2.45) is 11.5 Å². The summed E-state index contributed by atoms with van der Waals surface area (Å²) < 4.78 is 17.8. The smallest absolute Gasteiger partial charge is 0.163 e. The van der Waals surface area contributed by atoms with Crippen molar-refractivity contribution in [2.45, 2.75) is 6.04 Å². The first-order valence-electron chi connectivity index (χ1n) is 4.12. The van der Waals surface area contributed by atoms with E-state index < -0.39 is 11.9 Å². The molecule has 1 rings (SSSR count). The summed E-state index contributed by atoms with van der Waals surface area (Å²) in [5.74, 6) is -0.616. The summed E-state index contributed by atoms with van der Waals surface area (Å²) in [6.45, 7) is 0.125. The van der Waals surface area contributed by atoms with Gasteiger partial charge in [0.25, 0.3) is 0 Å². The minimum atomic E-state index is -0.598. The van der Waals surface area contributed by atoms with Crippen molar-refractivity contribution < 1.29 is 14.2 Å². The number of ether oxygens (including phenoxy) is 1.